The van der Waals surface area contributed by atoms with Crippen LogP contribution in [-0.2, 0) is 4.79 Å². The van der Waals surface area contributed by atoms with Crippen molar-refractivity contribution in [3.8, 4) is 0 Å². The number of carbonyl (C=O) groups excluding carboxylic acids is 1. The molecule has 0 saturated heterocycles. The fourth-order valence-electron chi connectivity index (χ4n) is 1.03. The first-order valence-electron chi connectivity index (χ1n) is 3.76. The van der Waals surface area contributed by atoms with Crippen molar-refractivity contribution in [3.05, 3.63) is 0 Å². The van der Waals surface area contributed by atoms with Crippen LogP contribution in [0.1, 0.15) is 19.8 Å². The largest absolute Gasteiger partial charge is 0.370 e. The van der Waals surface area contributed by atoms with E-state index in [1.807, 2.05) is 11.9 Å². The van der Waals surface area contributed by atoms with Gasteiger partial charge in [-0.15, -0.1) is 0 Å². The molecule has 0 fully saturated rings. The lowest BCUT2D eigenvalue weighted by Gasteiger charge is -2.10. The van der Waals surface area contributed by atoms with Crippen molar-refractivity contribution in [2.75, 3.05) is 13.1 Å². The average molecular weight is 155 g/mol. The smallest absolute Gasteiger partial charge is 0.219 e. The number of nitrogens with zero attached hydrogens (tertiary/aromatic N) is 2. The molecule has 2 N–H and O–H groups in total. The third kappa shape index (κ3) is 2.57. The highest BCUT2D eigenvalue weighted by molar-refractivity contribution is 5.83. The first kappa shape index (κ1) is 8.04. The molecule has 0 aromatic rings. The van der Waals surface area contributed by atoms with Gasteiger partial charge in [0.2, 0.25) is 5.91 Å². The molecule has 4 heteroatoms. The predicted molar refractivity (Wildman–Crippen MR) is 43.1 cm³/mol. The molecular formula is C7H13N3O. The molecule has 1 amide bonds. The van der Waals surface area contributed by atoms with Gasteiger partial charge in [-0.05, 0) is 6.92 Å². The standard InChI is InChI=1S/C7H13N3O/c1-6-2-4-10(9-6)5-3-7(8)11/h2-5H2,1H3,(H2,8,11). The molecular weight excluding hydrogens is 142 g/mol. The van der Waals surface area contributed by atoms with Crippen molar-refractivity contribution in [2.24, 2.45) is 10.8 Å². The van der Waals surface area contributed by atoms with Crippen LogP contribution in [-0.4, -0.2) is 29.7 Å². The van der Waals surface area contributed by atoms with Gasteiger partial charge in [-0.25, -0.2) is 0 Å². The molecule has 1 aliphatic rings. The number of amides is 1. The Morgan fingerprint density at radius 3 is 3.00 bits per heavy atom. The Labute approximate surface area is 66.0 Å². The van der Waals surface area contributed by atoms with Gasteiger partial charge in [-0.2, -0.15) is 5.10 Å². The first-order chi connectivity index (χ1) is 5.18. The lowest BCUT2D eigenvalue weighted by Crippen LogP contribution is -2.21. The summed E-state index contributed by atoms with van der Waals surface area (Å²) in [7, 11) is 0. The summed E-state index contributed by atoms with van der Waals surface area (Å²) in [6.07, 6.45) is 1.41. The van der Waals surface area contributed by atoms with Gasteiger partial charge in [0.25, 0.3) is 0 Å². The Hall–Kier alpha value is -1.06. The van der Waals surface area contributed by atoms with Crippen molar-refractivity contribution in [1.82, 2.24) is 5.01 Å². The molecule has 0 aliphatic carbocycles. The van der Waals surface area contributed by atoms with Gasteiger partial charge in [0.15, 0.2) is 0 Å². The maximum absolute atomic E-state index is 10.4. The SMILES string of the molecule is CC1=NN(CCC(N)=O)CC1. The van der Waals surface area contributed by atoms with Crippen LogP contribution in [0.2, 0.25) is 0 Å². The molecule has 0 spiro atoms. The fraction of sp³-hybridized carbons (Fsp3) is 0.714. The summed E-state index contributed by atoms with van der Waals surface area (Å²) in [6.45, 7) is 3.58. The van der Waals surface area contributed by atoms with Crippen LogP contribution in [0.5, 0.6) is 0 Å². The molecule has 1 aliphatic heterocycles. The molecule has 0 aromatic heterocycles. The second-order valence-electron chi connectivity index (χ2n) is 2.76. The number of primary amides is 1. The Morgan fingerprint density at radius 1 is 1.82 bits per heavy atom. The molecule has 0 bridgehead atoms. The molecule has 1 heterocycles. The summed E-state index contributed by atoms with van der Waals surface area (Å²) in [5.41, 5.74) is 6.12. The Bertz CT molecular complexity index is 188. The fourth-order valence-corrected chi connectivity index (χ4v) is 1.03. The number of carbonyl (C=O) groups is 1. The predicted octanol–water partition coefficient (Wildman–Crippen LogP) is -0.0566. The minimum absolute atomic E-state index is 0.259. The van der Waals surface area contributed by atoms with Gasteiger partial charge in [0.05, 0.1) is 0 Å². The van der Waals surface area contributed by atoms with E-state index in [1.54, 1.807) is 0 Å². The summed E-state index contributed by atoms with van der Waals surface area (Å²) < 4.78 is 0. The molecule has 4 nitrogen and oxygen atoms in total. The van der Waals surface area contributed by atoms with E-state index in [9.17, 15) is 4.79 Å². The van der Waals surface area contributed by atoms with Crippen molar-refractivity contribution in [1.29, 1.82) is 0 Å². The first-order valence-corrected chi connectivity index (χ1v) is 3.76. The van der Waals surface area contributed by atoms with Crippen molar-refractivity contribution < 1.29 is 4.79 Å². The van der Waals surface area contributed by atoms with Gasteiger partial charge in [0, 0.05) is 31.6 Å². The second kappa shape index (κ2) is 3.37. The third-order valence-corrected chi connectivity index (χ3v) is 1.66. The van der Waals surface area contributed by atoms with Crippen LogP contribution in [0.25, 0.3) is 0 Å². The van der Waals surface area contributed by atoms with Gasteiger partial charge < -0.3 is 5.73 Å². The van der Waals surface area contributed by atoms with E-state index in [4.69, 9.17) is 5.73 Å². The minimum atomic E-state index is -0.259. The third-order valence-electron chi connectivity index (χ3n) is 1.66. The topological polar surface area (TPSA) is 58.7 Å². The van der Waals surface area contributed by atoms with Crippen LogP contribution in [0, 0.1) is 0 Å². The number of hydrazone groups is 1. The minimum Gasteiger partial charge on any atom is -0.370 e. The van der Waals surface area contributed by atoms with Gasteiger partial charge in [-0.3, -0.25) is 9.80 Å². The van der Waals surface area contributed by atoms with Crippen LogP contribution >= 0.6 is 0 Å². The zero-order valence-electron chi connectivity index (χ0n) is 6.71. The van der Waals surface area contributed by atoms with E-state index in [2.05, 4.69) is 5.10 Å². The number of nitrogens with two attached hydrogens (primary N) is 1. The quantitative estimate of drug-likeness (QED) is 0.621. The summed E-state index contributed by atoms with van der Waals surface area (Å²) in [4.78, 5) is 10.4. The van der Waals surface area contributed by atoms with Crippen LogP contribution in [0.4, 0.5) is 0 Å². The zero-order chi connectivity index (χ0) is 8.27. The molecule has 62 valence electrons. The van der Waals surface area contributed by atoms with Crippen LogP contribution in [0.15, 0.2) is 5.10 Å². The molecule has 0 saturated carbocycles. The zero-order valence-corrected chi connectivity index (χ0v) is 6.71. The monoisotopic (exact) mass is 155 g/mol. The summed E-state index contributed by atoms with van der Waals surface area (Å²) in [6, 6.07) is 0. The van der Waals surface area contributed by atoms with E-state index >= 15 is 0 Å². The molecule has 0 aromatic carbocycles. The van der Waals surface area contributed by atoms with Crippen molar-refractivity contribution in [2.45, 2.75) is 19.8 Å². The number of hydrogen-bond acceptors (Lipinski definition) is 3. The maximum Gasteiger partial charge on any atom is 0.219 e. The Kier molecular flexibility index (Phi) is 2.46. The summed E-state index contributed by atoms with van der Waals surface area (Å²) in [5, 5.41) is 6.09. The molecule has 0 unspecified atom stereocenters. The Morgan fingerprint density at radius 2 is 2.55 bits per heavy atom. The Balaban J connectivity index is 2.23. The molecule has 0 atom stereocenters. The second-order valence-corrected chi connectivity index (χ2v) is 2.76. The lowest BCUT2D eigenvalue weighted by molar-refractivity contribution is -0.118. The summed E-state index contributed by atoms with van der Waals surface area (Å²) in [5.74, 6) is -0.259. The molecule has 1 rings (SSSR count). The molecule has 0 radical (unpaired) electrons. The normalized spacial score (nSPS) is 16.8. The van der Waals surface area contributed by atoms with Gasteiger partial charge in [-0.1, -0.05) is 0 Å². The van der Waals surface area contributed by atoms with Crippen molar-refractivity contribution in [3.63, 3.8) is 0 Å². The maximum atomic E-state index is 10.4. The highest BCUT2D eigenvalue weighted by Crippen LogP contribution is 2.05. The van der Waals surface area contributed by atoms with Gasteiger partial charge in [0.1, 0.15) is 0 Å². The van der Waals surface area contributed by atoms with Crippen molar-refractivity contribution >= 4 is 11.6 Å². The molecule has 11 heavy (non-hydrogen) atoms. The van der Waals surface area contributed by atoms with Crippen LogP contribution < -0.4 is 5.73 Å². The average Bonchev–Trinajstić information content (AvgIpc) is 2.31. The van der Waals surface area contributed by atoms with E-state index in [1.165, 1.54) is 0 Å². The summed E-state index contributed by atoms with van der Waals surface area (Å²) >= 11 is 0. The number of rotatable bonds is 3. The highest BCUT2D eigenvalue weighted by atomic mass is 16.1. The van der Waals surface area contributed by atoms with E-state index in [0.717, 1.165) is 18.7 Å². The van der Waals surface area contributed by atoms with Gasteiger partial charge >= 0.3 is 0 Å². The van der Waals surface area contributed by atoms with E-state index < -0.39 is 0 Å². The van der Waals surface area contributed by atoms with E-state index in [0.29, 0.717) is 13.0 Å². The van der Waals surface area contributed by atoms with Crippen LogP contribution in [0.3, 0.4) is 0 Å². The highest BCUT2D eigenvalue weighted by Gasteiger charge is 2.10. The lowest BCUT2D eigenvalue weighted by atomic mass is 10.3. The number of hydrogen-bond donors (Lipinski definition) is 1. The van der Waals surface area contributed by atoms with E-state index in [-0.39, 0.29) is 5.91 Å².